The van der Waals surface area contributed by atoms with E-state index in [1.165, 1.54) is 205 Å². The van der Waals surface area contributed by atoms with Crippen molar-refractivity contribution in [1.82, 2.24) is 5.32 Å². The van der Waals surface area contributed by atoms with Crippen LogP contribution in [0.1, 0.15) is 322 Å². The largest absolute Gasteiger partial charge is 0.394 e. The molecule has 0 aromatic rings. The second-order valence-electron chi connectivity index (χ2n) is 28.5. The molecule has 17 unspecified atom stereocenters. The van der Waals surface area contributed by atoms with Crippen LogP contribution in [0.5, 0.6) is 0 Å². The molecule has 3 fully saturated rings. The molecule has 0 bridgehead atoms. The molecule has 17 atom stereocenters. The molecule has 97 heavy (non-hydrogen) atoms. The minimum atomic E-state index is -1.98. The molecule has 12 N–H and O–H groups in total. The van der Waals surface area contributed by atoms with Gasteiger partial charge in [-0.3, -0.25) is 4.79 Å². The maximum Gasteiger partial charge on any atom is 0.220 e. The summed E-state index contributed by atoms with van der Waals surface area (Å²) in [6, 6.07) is -0.896. The fraction of sp³-hybridized carbons (Fsp3) is 0.910. The van der Waals surface area contributed by atoms with Crippen LogP contribution in [0, 0.1) is 0 Å². The van der Waals surface area contributed by atoms with Crippen molar-refractivity contribution in [1.29, 1.82) is 0 Å². The van der Waals surface area contributed by atoms with Gasteiger partial charge in [0.15, 0.2) is 18.9 Å². The van der Waals surface area contributed by atoms with Gasteiger partial charge in [0, 0.05) is 6.42 Å². The zero-order valence-corrected chi connectivity index (χ0v) is 60.8. The van der Waals surface area contributed by atoms with E-state index in [0.717, 1.165) is 83.5 Å². The summed E-state index contributed by atoms with van der Waals surface area (Å²) in [7, 11) is 0. The lowest BCUT2D eigenvalue weighted by molar-refractivity contribution is -0.379. The standard InChI is InChI=1S/C78H145NO18/c1-3-5-7-9-11-13-15-17-19-21-23-24-25-26-27-28-29-30-31-32-33-34-35-36-38-39-41-43-45-47-49-51-53-55-62(83)61(79-66(84)56-54-52-50-48-46-44-42-40-37-22-20-18-16-14-12-10-8-6-4-2)60-92-76-72(90)69(87)74(64(58-81)94-76)97-78-73(91)70(88)75(65(59-82)95-78)96-77-71(89)68(86)67(85)63(57-80)93-77/h12,14,18,20,37,40,61-65,67-78,80-83,85-91H,3-11,13,15-17,19,21-36,38-39,41-60H2,1-2H3,(H,79,84)/b14-12-,20-18-,40-37-. The Labute approximate surface area is 587 Å². The van der Waals surface area contributed by atoms with E-state index in [1.54, 1.807) is 0 Å². The molecular formula is C78H145NO18. The lowest BCUT2D eigenvalue weighted by Gasteiger charge is -2.48. The average Bonchev–Trinajstić information content (AvgIpc) is 0.795. The monoisotopic (exact) mass is 1380 g/mol. The number of nitrogens with one attached hydrogen (secondary N) is 1. The lowest BCUT2D eigenvalue weighted by atomic mass is 9.96. The molecule has 0 aliphatic carbocycles. The molecule has 3 heterocycles. The Kier molecular flexibility index (Phi) is 54.6. The van der Waals surface area contributed by atoms with E-state index in [0.29, 0.717) is 12.8 Å². The van der Waals surface area contributed by atoms with Crippen LogP contribution in [0.4, 0.5) is 0 Å². The Balaban J connectivity index is 1.35. The van der Waals surface area contributed by atoms with E-state index in [2.05, 4.69) is 55.6 Å². The number of ether oxygens (including phenoxy) is 6. The Hall–Kier alpha value is -1.99. The van der Waals surface area contributed by atoms with E-state index in [-0.39, 0.29) is 18.9 Å². The molecule has 570 valence electrons. The van der Waals surface area contributed by atoms with Gasteiger partial charge in [0.05, 0.1) is 38.6 Å². The van der Waals surface area contributed by atoms with Crippen LogP contribution in [0.2, 0.25) is 0 Å². The van der Waals surface area contributed by atoms with Gasteiger partial charge < -0.3 is 89.9 Å². The first-order valence-electron chi connectivity index (χ1n) is 39.7. The van der Waals surface area contributed by atoms with E-state index in [9.17, 15) is 61.0 Å². The van der Waals surface area contributed by atoms with E-state index in [4.69, 9.17) is 28.4 Å². The normalized spacial score (nSPS) is 27.0. The zero-order chi connectivity index (χ0) is 70.4. The molecule has 3 saturated heterocycles. The predicted molar refractivity (Wildman–Crippen MR) is 383 cm³/mol. The van der Waals surface area contributed by atoms with Crippen molar-refractivity contribution < 1.29 is 89.4 Å². The summed E-state index contributed by atoms with van der Waals surface area (Å²) in [4.78, 5) is 13.5. The molecule has 0 radical (unpaired) electrons. The summed E-state index contributed by atoms with van der Waals surface area (Å²) in [5.74, 6) is -0.252. The molecule has 1 amide bonds. The maximum atomic E-state index is 13.5. The highest BCUT2D eigenvalue weighted by atomic mass is 16.8. The highest BCUT2D eigenvalue weighted by Gasteiger charge is 2.54. The number of rotatable bonds is 63. The topological polar surface area (TPSA) is 307 Å². The molecule has 3 aliphatic rings. The Bertz CT molecular complexity index is 1900. The fourth-order valence-electron chi connectivity index (χ4n) is 13.6. The minimum absolute atomic E-state index is 0.252. The number of carbonyl (C=O) groups is 1. The van der Waals surface area contributed by atoms with Crippen LogP contribution in [0.3, 0.4) is 0 Å². The SMILES string of the molecule is CCCCC/C=C\C/C=C\C/C=C\CCCCCCCCC(=O)NC(COC1OC(CO)C(OC2OC(CO)C(OC3OC(CO)C(O)C(O)C3O)C(O)C2O)C(O)C1O)C(O)CCCCCCCCCCCCCCCCCCCCCCCCCCCCCCCCCCC. The first kappa shape index (κ1) is 89.2. The van der Waals surface area contributed by atoms with Crippen molar-refractivity contribution in [3.05, 3.63) is 36.5 Å². The molecule has 0 aromatic heterocycles. The minimum Gasteiger partial charge on any atom is -0.394 e. The molecule has 0 saturated carbocycles. The zero-order valence-electron chi connectivity index (χ0n) is 60.8. The maximum absolute atomic E-state index is 13.5. The Morgan fingerprint density at radius 1 is 0.371 bits per heavy atom. The summed E-state index contributed by atoms with van der Waals surface area (Å²) in [6.07, 6.45) is 45.3. The lowest BCUT2D eigenvalue weighted by Crippen LogP contribution is -2.66. The third kappa shape index (κ3) is 40.0. The number of hydrogen-bond donors (Lipinski definition) is 12. The summed E-state index contributed by atoms with van der Waals surface area (Å²) >= 11 is 0. The van der Waals surface area contributed by atoms with Gasteiger partial charge in [-0.25, -0.2) is 0 Å². The molecule has 19 heteroatoms. The molecule has 0 aromatic carbocycles. The van der Waals surface area contributed by atoms with E-state index >= 15 is 0 Å². The molecule has 0 spiro atoms. The third-order valence-corrected chi connectivity index (χ3v) is 20.0. The number of hydrogen-bond acceptors (Lipinski definition) is 18. The van der Waals surface area contributed by atoms with Gasteiger partial charge in [-0.1, -0.05) is 301 Å². The quantitative estimate of drug-likeness (QED) is 0.0199. The van der Waals surface area contributed by atoms with Crippen LogP contribution in [0.15, 0.2) is 36.5 Å². The van der Waals surface area contributed by atoms with E-state index < -0.39 is 124 Å². The molecular weight excluding hydrogens is 1240 g/mol. The summed E-state index contributed by atoms with van der Waals surface area (Å²) in [5.41, 5.74) is 0. The first-order valence-corrected chi connectivity index (χ1v) is 39.7. The molecule has 19 nitrogen and oxygen atoms in total. The Morgan fingerprint density at radius 3 is 1.08 bits per heavy atom. The van der Waals surface area contributed by atoms with Gasteiger partial charge in [0.25, 0.3) is 0 Å². The van der Waals surface area contributed by atoms with Crippen molar-refractivity contribution in [3.8, 4) is 0 Å². The second kappa shape index (κ2) is 59.4. The van der Waals surface area contributed by atoms with Gasteiger partial charge in [-0.2, -0.15) is 0 Å². The Morgan fingerprint density at radius 2 is 0.680 bits per heavy atom. The van der Waals surface area contributed by atoms with Gasteiger partial charge in [0.1, 0.15) is 73.2 Å². The van der Waals surface area contributed by atoms with Crippen LogP contribution >= 0.6 is 0 Å². The van der Waals surface area contributed by atoms with Crippen molar-refractivity contribution in [2.24, 2.45) is 0 Å². The van der Waals surface area contributed by atoms with Crippen molar-refractivity contribution in [3.63, 3.8) is 0 Å². The van der Waals surface area contributed by atoms with Crippen molar-refractivity contribution in [2.75, 3.05) is 26.4 Å². The van der Waals surface area contributed by atoms with Gasteiger partial charge in [0.2, 0.25) is 5.91 Å². The highest BCUT2D eigenvalue weighted by molar-refractivity contribution is 5.76. The summed E-state index contributed by atoms with van der Waals surface area (Å²) < 4.78 is 34.5. The second-order valence-corrected chi connectivity index (χ2v) is 28.5. The average molecular weight is 1390 g/mol. The summed E-state index contributed by atoms with van der Waals surface area (Å²) in [5, 5.41) is 121. The van der Waals surface area contributed by atoms with Crippen LogP contribution in [-0.2, 0) is 33.2 Å². The third-order valence-electron chi connectivity index (χ3n) is 20.0. The van der Waals surface area contributed by atoms with Crippen LogP contribution in [0.25, 0.3) is 0 Å². The van der Waals surface area contributed by atoms with E-state index in [1.807, 2.05) is 0 Å². The van der Waals surface area contributed by atoms with Gasteiger partial charge in [-0.05, 0) is 51.4 Å². The smallest absolute Gasteiger partial charge is 0.220 e. The number of unbranched alkanes of at least 4 members (excludes halogenated alkanes) is 41. The fourth-order valence-corrected chi connectivity index (χ4v) is 13.6. The van der Waals surface area contributed by atoms with Gasteiger partial charge >= 0.3 is 0 Å². The number of aliphatic hydroxyl groups excluding tert-OH is 11. The van der Waals surface area contributed by atoms with Crippen molar-refractivity contribution in [2.45, 2.75) is 426 Å². The van der Waals surface area contributed by atoms with Crippen molar-refractivity contribution >= 4 is 5.91 Å². The first-order chi connectivity index (χ1) is 47.3. The molecule has 3 rings (SSSR count). The van der Waals surface area contributed by atoms with Crippen LogP contribution < -0.4 is 5.32 Å². The molecule has 3 aliphatic heterocycles. The number of carbonyl (C=O) groups excluding carboxylic acids is 1. The number of aliphatic hydroxyl groups is 11. The predicted octanol–water partition coefficient (Wildman–Crippen LogP) is 12.7. The summed E-state index contributed by atoms with van der Waals surface area (Å²) in [6.45, 7) is 1.80. The number of allylic oxidation sites excluding steroid dienone is 6. The van der Waals surface area contributed by atoms with Gasteiger partial charge in [-0.15, -0.1) is 0 Å². The number of amides is 1. The van der Waals surface area contributed by atoms with Crippen LogP contribution in [-0.4, -0.2) is 193 Å². The highest BCUT2D eigenvalue weighted by Crippen LogP contribution is 2.33.